The molecule has 0 aliphatic carbocycles. The minimum absolute atomic E-state index is 0.0362. The molecule has 6 nitrogen and oxygen atoms in total. The minimum Gasteiger partial charge on any atom is -0.441 e. The Kier molecular flexibility index (Phi) is 4.74. The molecule has 1 aromatic heterocycles. The van der Waals surface area contributed by atoms with Crippen molar-refractivity contribution in [1.82, 2.24) is 15.2 Å². The molecule has 2 aromatic rings. The molecule has 3 aliphatic rings. The molecule has 0 radical (unpaired) electrons. The number of amides is 1. The van der Waals surface area contributed by atoms with Crippen molar-refractivity contribution in [2.45, 2.75) is 38.8 Å². The van der Waals surface area contributed by atoms with E-state index in [9.17, 15) is 9.59 Å². The van der Waals surface area contributed by atoms with Crippen molar-refractivity contribution in [2.75, 3.05) is 13.1 Å². The smallest absolute Gasteiger partial charge is 0.251 e. The number of rotatable bonds is 5. The lowest BCUT2D eigenvalue weighted by Crippen LogP contribution is -2.62. The van der Waals surface area contributed by atoms with Crippen LogP contribution in [-0.4, -0.2) is 46.7 Å². The molecule has 3 saturated heterocycles. The summed E-state index contributed by atoms with van der Waals surface area (Å²) in [6, 6.07) is 11.1. The van der Waals surface area contributed by atoms with Gasteiger partial charge in [0.05, 0.1) is 5.69 Å². The summed E-state index contributed by atoms with van der Waals surface area (Å²) in [5, 5.41) is 3.24. The van der Waals surface area contributed by atoms with Gasteiger partial charge in [-0.3, -0.25) is 14.5 Å². The van der Waals surface area contributed by atoms with Crippen LogP contribution in [-0.2, 0) is 0 Å². The quantitative estimate of drug-likeness (QED) is 0.796. The van der Waals surface area contributed by atoms with E-state index in [2.05, 4.69) is 22.1 Å². The lowest BCUT2D eigenvalue weighted by molar-refractivity contribution is 0.0217. The summed E-state index contributed by atoms with van der Waals surface area (Å²) in [6.45, 7) is 6.00. The van der Waals surface area contributed by atoms with Gasteiger partial charge in [0.2, 0.25) is 0 Å². The van der Waals surface area contributed by atoms with E-state index in [1.165, 1.54) is 19.8 Å². The molecule has 6 heteroatoms. The van der Waals surface area contributed by atoms with E-state index in [-0.39, 0.29) is 17.7 Å². The predicted octanol–water partition coefficient (Wildman–Crippen LogP) is 3.22. The van der Waals surface area contributed by atoms with Crippen molar-refractivity contribution >= 4 is 11.7 Å². The number of Topliss-reactive ketones (excluding diaryl/α,β-unsaturated/α-hetero) is 1. The third-order valence-corrected chi connectivity index (χ3v) is 5.86. The molecule has 3 aliphatic heterocycles. The number of ether oxygens (including phenoxy) is 1. The van der Waals surface area contributed by atoms with Gasteiger partial charge in [0.15, 0.2) is 11.7 Å². The minimum atomic E-state index is -0.0427. The summed E-state index contributed by atoms with van der Waals surface area (Å²) in [4.78, 5) is 29.4. The lowest BCUT2D eigenvalue weighted by atomic mass is 9.79. The highest BCUT2D eigenvalue weighted by atomic mass is 16.5. The van der Waals surface area contributed by atoms with Crippen LogP contribution in [0.1, 0.15) is 47.5 Å². The van der Waals surface area contributed by atoms with Crippen LogP contribution < -0.4 is 10.1 Å². The number of ketones is 1. The molecule has 2 atom stereocenters. The number of aromatic amines is 1. The molecule has 1 amide bonds. The largest absolute Gasteiger partial charge is 0.441 e. The maximum Gasteiger partial charge on any atom is 0.251 e. The zero-order valence-electron chi connectivity index (χ0n) is 15.7. The van der Waals surface area contributed by atoms with E-state index in [0.717, 1.165) is 13.1 Å². The highest BCUT2D eigenvalue weighted by molar-refractivity contribution is 5.94. The molecule has 27 heavy (non-hydrogen) atoms. The molecule has 0 saturated carbocycles. The molecule has 4 heterocycles. The average molecular weight is 367 g/mol. The highest BCUT2D eigenvalue weighted by Gasteiger charge is 2.40. The normalized spacial score (nSPS) is 26.6. The molecule has 142 valence electrons. The Hall–Kier alpha value is -2.60. The van der Waals surface area contributed by atoms with Crippen molar-refractivity contribution < 1.29 is 14.3 Å². The first-order valence-corrected chi connectivity index (χ1v) is 9.54. The van der Waals surface area contributed by atoms with Crippen LogP contribution >= 0.6 is 0 Å². The summed E-state index contributed by atoms with van der Waals surface area (Å²) < 4.78 is 5.71. The number of fused-ring (bicyclic) bond motifs is 3. The second-order valence-electron chi connectivity index (χ2n) is 7.53. The highest BCUT2D eigenvalue weighted by Crippen LogP contribution is 2.32. The topological polar surface area (TPSA) is 74.4 Å². The van der Waals surface area contributed by atoms with Crippen LogP contribution in [0.2, 0.25) is 0 Å². The number of H-pyrrole nitrogens is 1. The van der Waals surface area contributed by atoms with Gasteiger partial charge >= 0.3 is 0 Å². The second kappa shape index (κ2) is 7.19. The van der Waals surface area contributed by atoms with Crippen molar-refractivity contribution in [3.8, 4) is 11.6 Å². The van der Waals surface area contributed by atoms with Gasteiger partial charge in [0.1, 0.15) is 5.75 Å². The fourth-order valence-corrected chi connectivity index (χ4v) is 4.22. The molecule has 2 bridgehead atoms. The Balaban J connectivity index is 1.39. The van der Waals surface area contributed by atoms with Crippen molar-refractivity contribution in [1.29, 1.82) is 0 Å². The number of benzene rings is 1. The summed E-state index contributed by atoms with van der Waals surface area (Å²) in [5.74, 6) is 1.61. The molecule has 2 N–H and O–H groups in total. The third kappa shape index (κ3) is 3.62. The first kappa shape index (κ1) is 17.8. The fourth-order valence-electron chi connectivity index (χ4n) is 4.22. The fraction of sp³-hybridized carbons (Fsp3) is 0.429. The van der Waals surface area contributed by atoms with Gasteiger partial charge in [-0.05, 0) is 69.1 Å². The number of nitrogens with one attached hydrogen (secondary N) is 2. The monoisotopic (exact) mass is 367 g/mol. The maximum atomic E-state index is 12.7. The standard InChI is InChI=1S/C21H25N3O3/c1-13-20(15-9-11-24(13)12-10-15)23-21(26)16-3-5-17(6-4-16)27-19-8-7-18(22-19)14(2)25/h3-8,13,15,20,22H,9-12H2,1-2H3,(H,23,26). The van der Waals surface area contributed by atoms with Crippen LogP contribution in [0.15, 0.2) is 36.4 Å². The van der Waals surface area contributed by atoms with E-state index in [0.29, 0.717) is 34.8 Å². The van der Waals surface area contributed by atoms with Crippen molar-refractivity contribution in [3.05, 3.63) is 47.7 Å². The number of nitrogens with zero attached hydrogens (tertiary/aromatic N) is 1. The number of piperidine rings is 3. The van der Waals surface area contributed by atoms with Gasteiger partial charge in [-0.15, -0.1) is 0 Å². The van der Waals surface area contributed by atoms with Crippen LogP contribution in [0.4, 0.5) is 0 Å². The van der Waals surface area contributed by atoms with E-state index < -0.39 is 0 Å². The van der Waals surface area contributed by atoms with E-state index >= 15 is 0 Å². The van der Waals surface area contributed by atoms with Gasteiger partial charge in [-0.2, -0.15) is 0 Å². The Labute approximate surface area is 158 Å². The summed E-state index contributed by atoms with van der Waals surface area (Å²) >= 11 is 0. The maximum absolute atomic E-state index is 12.7. The second-order valence-corrected chi connectivity index (χ2v) is 7.53. The Bertz CT molecular complexity index is 833. The predicted molar refractivity (Wildman–Crippen MR) is 102 cm³/mol. The number of aromatic nitrogens is 1. The van der Waals surface area contributed by atoms with Crippen molar-refractivity contribution in [2.24, 2.45) is 5.92 Å². The van der Waals surface area contributed by atoms with Crippen LogP contribution in [0.25, 0.3) is 0 Å². The average Bonchev–Trinajstić information content (AvgIpc) is 3.14. The third-order valence-electron chi connectivity index (χ3n) is 5.86. The Morgan fingerprint density at radius 2 is 1.81 bits per heavy atom. The number of carbonyl (C=O) groups excluding carboxylic acids is 2. The van der Waals surface area contributed by atoms with Crippen molar-refractivity contribution in [3.63, 3.8) is 0 Å². The van der Waals surface area contributed by atoms with Gasteiger partial charge in [0, 0.05) is 30.6 Å². The molecule has 5 rings (SSSR count). The summed E-state index contributed by atoms with van der Waals surface area (Å²) in [7, 11) is 0. The SMILES string of the molecule is CC(=O)c1ccc(Oc2ccc(C(=O)NC3C4CCN(CC4)C3C)cc2)[nH]1. The Morgan fingerprint density at radius 3 is 2.41 bits per heavy atom. The molecular weight excluding hydrogens is 342 g/mol. The number of hydrogen-bond acceptors (Lipinski definition) is 4. The summed E-state index contributed by atoms with van der Waals surface area (Å²) in [5.41, 5.74) is 1.13. The Morgan fingerprint density at radius 1 is 1.11 bits per heavy atom. The van der Waals surface area contributed by atoms with Gasteiger partial charge < -0.3 is 15.0 Å². The van der Waals surface area contributed by atoms with Gasteiger partial charge in [-0.1, -0.05) is 0 Å². The van der Waals surface area contributed by atoms with Gasteiger partial charge in [0.25, 0.3) is 5.91 Å². The molecule has 3 fully saturated rings. The number of hydrogen-bond donors (Lipinski definition) is 2. The molecule has 2 unspecified atom stereocenters. The zero-order chi connectivity index (χ0) is 19.0. The van der Waals surface area contributed by atoms with E-state index in [1.54, 1.807) is 36.4 Å². The van der Waals surface area contributed by atoms with Crippen LogP contribution in [0, 0.1) is 5.92 Å². The summed E-state index contributed by atoms with van der Waals surface area (Å²) in [6.07, 6.45) is 2.33. The van der Waals surface area contributed by atoms with Crippen LogP contribution in [0.3, 0.4) is 0 Å². The van der Waals surface area contributed by atoms with Gasteiger partial charge in [-0.25, -0.2) is 0 Å². The lowest BCUT2D eigenvalue weighted by Gasteiger charge is -2.49. The van der Waals surface area contributed by atoms with Crippen LogP contribution in [0.5, 0.6) is 11.6 Å². The number of carbonyl (C=O) groups is 2. The van der Waals surface area contributed by atoms with E-state index in [1.807, 2.05) is 0 Å². The molecule has 0 spiro atoms. The first-order chi connectivity index (χ1) is 13.0. The molecular formula is C21H25N3O3. The first-order valence-electron chi connectivity index (χ1n) is 9.54. The molecule has 1 aromatic carbocycles. The zero-order valence-corrected chi connectivity index (χ0v) is 15.7. The van der Waals surface area contributed by atoms with E-state index in [4.69, 9.17) is 4.74 Å².